The fourth-order valence-electron chi connectivity index (χ4n) is 3.72. The van der Waals surface area contributed by atoms with Crippen LogP contribution in [0.15, 0.2) is 18.2 Å². The molecule has 1 aromatic carbocycles. The molecule has 1 aliphatic heterocycles. The molecule has 1 saturated heterocycles. The summed E-state index contributed by atoms with van der Waals surface area (Å²) in [7, 11) is 0. The van der Waals surface area contributed by atoms with Crippen molar-refractivity contribution in [2.75, 3.05) is 38.5 Å². The van der Waals surface area contributed by atoms with E-state index in [1.165, 1.54) is 12.8 Å². The standard InChI is InChI=1S/C21H24Cl2N6O2/c1-2-25-20(30)16-9-13-18(27-21(24)28-19(13)26-16)12-10-17(15(23)11-14(12)22)31-8-7-29-5-3-4-6-29/h9-11H,2-8H2,1H3,(H,25,30)(H3,24,26,27,28). The van der Waals surface area contributed by atoms with E-state index in [0.717, 1.165) is 19.6 Å². The lowest BCUT2D eigenvalue weighted by Crippen LogP contribution is -2.25. The van der Waals surface area contributed by atoms with Crippen molar-refractivity contribution in [1.29, 1.82) is 0 Å². The minimum Gasteiger partial charge on any atom is -0.491 e. The van der Waals surface area contributed by atoms with Crippen LogP contribution in [0.4, 0.5) is 5.95 Å². The van der Waals surface area contributed by atoms with Crippen LogP contribution in [0.3, 0.4) is 0 Å². The topological polar surface area (TPSA) is 109 Å². The van der Waals surface area contributed by atoms with Crippen LogP contribution in [0.25, 0.3) is 22.3 Å². The summed E-state index contributed by atoms with van der Waals surface area (Å²) in [6, 6.07) is 5.08. The summed E-state index contributed by atoms with van der Waals surface area (Å²) in [6.45, 7) is 5.92. The van der Waals surface area contributed by atoms with Crippen LogP contribution in [0.5, 0.6) is 5.75 Å². The van der Waals surface area contributed by atoms with Crippen molar-refractivity contribution in [2.45, 2.75) is 19.8 Å². The highest BCUT2D eigenvalue weighted by Gasteiger charge is 2.19. The summed E-state index contributed by atoms with van der Waals surface area (Å²) in [5.74, 6) is 0.345. The van der Waals surface area contributed by atoms with Gasteiger partial charge in [-0.05, 0) is 51.1 Å². The Labute approximate surface area is 190 Å². The van der Waals surface area contributed by atoms with Gasteiger partial charge >= 0.3 is 0 Å². The Morgan fingerprint density at radius 3 is 2.74 bits per heavy atom. The van der Waals surface area contributed by atoms with Gasteiger partial charge in [-0.2, -0.15) is 4.98 Å². The highest BCUT2D eigenvalue weighted by Crippen LogP contribution is 2.39. The van der Waals surface area contributed by atoms with E-state index in [1.807, 2.05) is 6.92 Å². The second kappa shape index (κ2) is 9.30. The summed E-state index contributed by atoms with van der Waals surface area (Å²) >= 11 is 12.9. The van der Waals surface area contributed by atoms with Gasteiger partial charge < -0.3 is 20.8 Å². The van der Waals surface area contributed by atoms with Gasteiger partial charge in [0.1, 0.15) is 23.7 Å². The lowest BCUT2D eigenvalue weighted by molar-refractivity contribution is 0.0951. The number of aromatic amines is 1. The fourth-order valence-corrected chi connectivity index (χ4v) is 4.25. The van der Waals surface area contributed by atoms with Gasteiger partial charge in [-0.1, -0.05) is 23.2 Å². The molecule has 31 heavy (non-hydrogen) atoms. The number of halogens is 2. The number of carbonyl (C=O) groups is 1. The number of likely N-dealkylation sites (tertiary alicyclic amines) is 1. The molecule has 4 N–H and O–H groups in total. The molecule has 0 aliphatic carbocycles. The smallest absolute Gasteiger partial charge is 0.267 e. The van der Waals surface area contributed by atoms with Crippen LogP contribution >= 0.6 is 23.2 Å². The molecule has 3 heterocycles. The molecule has 3 aromatic rings. The maximum Gasteiger partial charge on any atom is 0.267 e. The van der Waals surface area contributed by atoms with Crippen LogP contribution in [0.2, 0.25) is 10.0 Å². The number of hydrogen-bond acceptors (Lipinski definition) is 6. The zero-order valence-electron chi connectivity index (χ0n) is 17.2. The van der Waals surface area contributed by atoms with Crippen molar-refractivity contribution in [3.8, 4) is 17.0 Å². The number of anilines is 1. The number of amides is 1. The maximum absolute atomic E-state index is 12.3. The molecule has 0 bridgehead atoms. The van der Waals surface area contributed by atoms with E-state index >= 15 is 0 Å². The molecule has 10 heteroatoms. The quantitative estimate of drug-likeness (QED) is 0.493. The number of hydrogen-bond donors (Lipinski definition) is 3. The van der Waals surface area contributed by atoms with E-state index in [1.54, 1.807) is 18.2 Å². The first-order valence-corrected chi connectivity index (χ1v) is 11.0. The fraction of sp³-hybridized carbons (Fsp3) is 0.381. The highest BCUT2D eigenvalue weighted by atomic mass is 35.5. The molecule has 0 spiro atoms. The zero-order chi connectivity index (χ0) is 22.0. The molecule has 1 aliphatic rings. The number of rotatable bonds is 7. The van der Waals surface area contributed by atoms with Crippen LogP contribution < -0.4 is 15.8 Å². The number of aromatic nitrogens is 3. The molecule has 164 valence electrons. The summed E-state index contributed by atoms with van der Waals surface area (Å²) < 4.78 is 5.95. The van der Waals surface area contributed by atoms with Crippen molar-refractivity contribution in [3.63, 3.8) is 0 Å². The van der Waals surface area contributed by atoms with Crippen molar-refractivity contribution in [1.82, 2.24) is 25.2 Å². The number of nitrogens with zero attached hydrogens (tertiary/aromatic N) is 3. The molecule has 0 unspecified atom stereocenters. The van der Waals surface area contributed by atoms with E-state index < -0.39 is 0 Å². The van der Waals surface area contributed by atoms with Gasteiger partial charge in [0.15, 0.2) is 0 Å². The van der Waals surface area contributed by atoms with Crippen molar-refractivity contribution in [3.05, 3.63) is 33.9 Å². The minimum atomic E-state index is -0.238. The van der Waals surface area contributed by atoms with E-state index in [9.17, 15) is 4.79 Å². The summed E-state index contributed by atoms with van der Waals surface area (Å²) in [4.78, 5) is 26.2. The Morgan fingerprint density at radius 2 is 2.00 bits per heavy atom. The normalized spacial score (nSPS) is 14.3. The van der Waals surface area contributed by atoms with E-state index in [4.69, 9.17) is 33.7 Å². The molecule has 1 amide bonds. The molecular formula is C21H24Cl2N6O2. The third kappa shape index (κ3) is 4.71. The number of nitrogen functional groups attached to an aromatic ring is 1. The van der Waals surface area contributed by atoms with Crippen LogP contribution in [0, 0.1) is 0 Å². The average molecular weight is 463 g/mol. The number of fused-ring (bicyclic) bond motifs is 1. The van der Waals surface area contributed by atoms with Gasteiger partial charge in [-0.3, -0.25) is 9.69 Å². The molecule has 1 fully saturated rings. The summed E-state index contributed by atoms with van der Waals surface area (Å²) in [5.41, 5.74) is 7.84. The molecule has 4 rings (SSSR count). The molecular weight excluding hydrogens is 439 g/mol. The average Bonchev–Trinajstić information content (AvgIpc) is 3.39. The van der Waals surface area contributed by atoms with Crippen molar-refractivity contribution < 1.29 is 9.53 Å². The van der Waals surface area contributed by atoms with Gasteiger partial charge in [-0.15, -0.1) is 0 Å². The molecule has 0 saturated carbocycles. The van der Waals surface area contributed by atoms with Gasteiger partial charge in [0.2, 0.25) is 5.95 Å². The van der Waals surface area contributed by atoms with Crippen molar-refractivity contribution in [2.24, 2.45) is 0 Å². The Balaban J connectivity index is 1.68. The first-order chi connectivity index (χ1) is 15.0. The van der Waals surface area contributed by atoms with Crippen LogP contribution in [-0.4, -0.2) is 58.5 Å². The second-order valence-corrected chi connectivity index (χ2v) is 8.21. The number of ether oxygens (including phenoxy) is 1. The molecule has 2 aromatic heterocycles. The number of H-pyrrole nitrogens is 1. The second-order valence-electron chi connectivity index (χ2n) is 7.39. The van der Waals surface area contributed by atoms with Gasteiger partial charge in [0.25, 0.3) is 5.91 Å². The van der Waals surface area contributed by atoms with Gasteiger partial charge in [0.05, 0.1) is 15.7 Å². The predicted molar refractivity (Wildman–Crippen MR) is 123 cm³/mol. The van der Waals surface area contributed by atoms with Crippen LogP contribution in [0.1, 0.15) is 30.3 Å². The highest BCUT2D eigenvalue weighted by molar-refractivity contribution is 6.37. The number of nitrogens with one attached hydrogen (secondary N) is 2. The Morgan fingerprint density at radius 1 is 1.23 bits per heavy atom. The summed E-state index contributed by atoms with van der Waals surface area (Å²) in [5, 5.41) is 4.20. The number of nitrogens with two attached hydrogens (primary N) is 1. The molecule has 0 radical (unpaired) electrons. The zero-order valence-corrected chi connectivity index (χ0v) is 18.7. The van der Waals surface area contributed by atoms with Crippen molar-refractivity contribution >= 4 is 46.1 Å². The Kier molecular flexibility index (Phi) is 6.50. The lowest BCUT2D eigenvalue weighted by Gasteiger charge is -2.16. The first-order valence-electron chi connectivity index (χ1n) is 10.2. The van der Waals surface area contributed by atoms with Gasteiger partial charge in [-0.25, -0.2) is 4.98 Å². The van der Waals surface area contributed by atoms with Crippen LogP contribution in [-0.2, 0) is 0 Å². The van der Waals surface area contributed by atoms with E-state index in [2.05, 4.69) is 25.2 Å². The largest absolute Gasteiger partial charge is 0.491 e. The Bertz CT molecular complexity index is 1110. The monoisotopic (exact) mass is 462 g/mol. The van der Waals surface area contributed by atoms with E-state index in [0.29, 0.717) is 56.9 Å². The molecule has 0 atom stereocenters. The number of carbonyl (C=O) groups excluding carboxylic acids is 1. The maximum atomic E-state index is 12.3. The minimum absolute atomic E-state index is 0.0642. The summed E-state index contributed by atoms with van der Waals surface area (Å²) in [6.07, 6.45) is 2.46. The van der Waals surface area contributed by atoms with E-state index in [-0.39, 0.29) is 11.9 Å². The first kappa shape index (κ1) is 21.7. The third-order valence-electron chi connectivity index (χ3n) is 5.23. The third-order valence-corrected chi connectivity index (χ3v) is 5.84. The lowest BCUT2D eigenvalue weighted by atomic mass is 10.1. The molecule has 8 nitrogen and oxygen atoms in total. The SMILES string of the molecule is CCNC(=O)c1cc2c(-c3cc(OCCN4CCCC4)c(Cl)cc3Cl)nc(N)nc2[nH]1. The predicted octanol–water partition coefficient (Wildman–Crippen LogP) is 3.74. The Hall–Kier alpha value is -2.55. The van der Waals surface area contributed by atoms with Gasteiger partial charge in [0, 0.05) is 24.0 Å². The number of benzene rings is 1.